The van der Waals surface area contributed by atoms with E-state index in [9.17, 15) is 4.79 Å². The third-order valence-corrected chi connectivity index (χ3v) is 3.96. The van der Waals surface area contributed by atoms with Gasteiger partial charge in [-0.15, -0.1) is 11.3 Å². The van der Waals surface area contributed by atoms with Gasteiger partial charge in [-0.1, -0.05) is 0 Å². The number of rotatable bonds is 4. The Bertz CT molecular complexity index is 419. The highest BCUT2D eigenvalue weighted by Gasteiger charge is 2.20. The van der Waals surface area contributed by atoms with Crippen LogP contribution in [0.4, 0.5) is 5.13 Å². The third-order valence-electron chi connectivity index (χ3n) is 3.03. The van der Waals surface area contributed by atoms with Crippen molar-refractivity contribution in [1.82, 2.24) is 9.88 Å². The van der Waals surface area contributed by atoms with Gasteiger partial charge in [0.25, 0.3) is 0 Å². The highest BCUT2D eigenvalue weighted by Crippen LogP contribution is 2.23. The summed E-state index contributed by atoms with van der Waals surface area (Å²) in [4.78, 5) is 18.0. The highest BCUT2D eigenvalue weighted by molar-refractivity contribution is 7.15. The predicted molar refractivity (Wildman–Crippen MR) is 67.9 cm³/mol. The maximum absolute atomic E-state index is 10.8. The number of nitrogens with one attached hydrogen (secondary N) is 1. The van der Waals surface area contributed by atoms with Crippen LogP contribution in [-0.4, -0.2) is 47.6 Å². The zero-order chi connectivity index (χ0) is 12.4. The molecular formula is C11H17N3O2S. The number of hydrogen-bond acceptors (Lipinski definition) is 5. The fourth-order valence-corrected chi connectivity index (χ4v) is 2.91. The van der Waals surface area contributed by atoms with E-state index in [1.807, 2.05) is 0 Å². The number of aryl methyl sites for hydroxylation is 1. The number of carboxylic acid groups (broad SMARTS) is 1. The number of likely N-dealkylation sites (tertiary alicyclic amines) is 1. The number of aromatic carboxylic acids is 1. The Morgan fingerprint density at radius 3 is 3.00 bits per heavy atom. The van der Waals surface area contributed by atoms with E-state index in [0.717, 1.165) is 29.6 Å². The van der Waals surface area contributed by atoms with Crippen LogP contribution >= 0.6 is 11.3 Å². The average molecular weight is 255 g/mol. The van der Waals surface area contributed by atoms with E-state index in [-0.39, 0.29) is 5.69 Å². The minimum absolute atomic E-state index is 0.168. The Labute approximate surface area is 104 Å². The van der Waals surface area contributed by atoms with E-state index < -0.39 is 5.97 Å². The van der Waals surface area contributed by atoms with E-state index in [2.05, 4.69) is 22.2 Å². The van der Waals surface area contributed by atoms with Crippen LogP contribution in [0.25, 0.3) is 0 Å². The molecule has 1 saturated heterocycles. The molecule has 0 radical (unpaired) electrons. The first-order valence-electron chi connectivity index (χ1n) is 5.69. The Morgan fingerprint density at radius 2 is 2.47 bits per heavy atom. The summed E-state index contributed by atoms with van der Waals surface area (Å²) in [5, 5.41) is 12.9. The molecule has 1 aromatic heterocycles. The van der Waals surface area contributed by atoms with Crippen molar-refractivity contribution < 1.29 is 9.90 Å². The second-order valence-corrected chi connectivity index (χ2v) is 5.73. The van der Waals surface area contributed by atoms with Crippen molar-refractivity contribution in [3.63, 3.8) is 0 Å². The van der Waals surface area contributed by atoms with Gasteiger partial charge in [0, 0.05) is 18.0 Å². The monoisotopic (exact) mass is 255 g/mol. The van der Waals surface area contributed by atoms with Crippen molar-refractivity contribution in [2.45, 2.75) is 13.3 Å². The summed E-state index contributed by atoms with van der Waals surface area (Å²) in [5.74, 6) is -0.315. The second kappa shape index (κ2) is 5.01. The van der Waals surface area contributed by atoms with E-state index in [1.165, 1.54) is 17.8 Å². The van der Waals surface area contributed by atoms with Crippen molar-refractivity contribution in [3.05, 3.63) is 10.6 Å². The third kappa shape index (κ3) is 2.95. The van der Waals surface area contributed by atoms with Gasteiger partial charge in [0.05, 0.1) is 0 Å². The van der Waals surface area contributed by atoms with Gasteiger partial charge in [0.15, 0.2) is 10.8 Å². The lowest BCUT2D eigenvalue weighted by molar-refractivity contribution is 0.0690. The van der Waals surface area contributed by atoms with E-state index in [0.29, 0.717) is 5.92 Å². The SMILES string of the molecule is Cc1sc(NCC2CCN(C)C2)nc1C(=O)O. The van der Waals surface area contributed by atoms with Gasteiger partial charge >= 0.3 is 5.97 Å². The predicted octanol–water partition coefficient (Wildman–Crippen LogP) is 1.51. The maximum atomic E-state index is 10.8. The van der Waals surface area contributed by atoms with Crippen molar-refractivity contribution in [1.29, 1.82) is 0 Å². The summed E-state index contributed by atoms with van der Waals surface area (Å²) in [6.45, 7) is 4.90. The zero-order valence-corrected chi connectivity index (χ0v) is 10.9. The van der Waals surface area contributed by atoms with Gasteiger partial charge in [-0.2, -0.15) is 0 Å². The fraction of sp³-hybridized carbons (Fsp3) is 0.636. The largest absolute Gasteiger partial charge is 0.476 e. The number of nitrogens with zero attached hydrogens (tertiary/aromatic N) is 2. The molecule has 0 saturated carbocycles. The molecule has 0 bridgehead atoms. The number of aromatic nitrogens is 1. The first-order valence-corrected chi connectivity index (χ1v) is 6.51. The molecule has 2 heterocycles. The molecule has 0 spiro atoms. The van der Waals surface area contributed by atoms with Crippen molar-refractivity contribution >= 4 is 22.4 Å². The molecule has 0 aliphatic carbocycles. The number of anilines is 1. The maximum Gasteiger partial charge on any atom is 0.355 e. The summed E-state index contributed by atoms with van der Waals surface area (Å²) >= 11 is 1.41. The molecule has 0 aromatic carbocycles. The Kier molecular flexibility index (Phi) is 3.63. The Balaban J connectivity index is 1.91. The van der Waals surface area contributed by atoms with Crippen LogP contribution in [-0.2, 0) is 0 Å². The molecule has 94 valence electrons. The summed E-state index contributed by atoms with van der Waals surface area (Å²) in [7, 11) is 2.12. The Morgan fingerprint density at radius 1 is 1.71 bits per heavy atom. The number of hydrogen-bond donors (Lipinski definition) is 2. The molecular weight excluding hydrogens is 238 g/mol. The van der Waals surface area contributed by atoms with Gasteiger partial charge in [-0.25, -0.2) is 9.78 Å². The number of carboxylic acids is 1. The first-order chi connectivity index (χ1) is 8.06. The Hall–Kier alpha value is -1.14. The molecule has 0 amide bonds. The summed E-state index contributed by atoms with van der Waals surface area (Å²) in [6.07, 6.45) is 1.19. The van der Waals surface area contributed by atoms with Gasteiger partial charge in [-0.05, 0) is 32.9 Å². The van der Waals surface area contributed by atoms with E-state index >= 15 is 0 Å². The van der Waals surface area contributed by atoms with E-state index in [1.54, 1.807) is 6.92 Å². The molecule has 1 unspecified atom stereocenters. The number of thiazole rings is 1. The summed E-state index contributed by atoms with van der Waals surface area (Å²) in [5.41, 5.74) is 0.168. The van der Waals surface area contributed by atoms with Crippen LogP contribution in [0, 0.1) is 12.8 Å². The molecule has 6 heteroatoms. The van der Waals surface area contributed by atoms with Crippen LogP contribution in [0.1, 0.15) is 21.8 Å². The lowest BCUT2D eigenvalue weighted by atomic mass is 10.1. The standard InChI is InChI=1S/C11H17N3O2S/c1-7-9(10(15)16)13-11(17-7)12-5-8-3-4-14(2)6-8/h8H,3-6H2,1-2H3,(H,12,13)(H,15,16). The molecule has 1 aliphatic rings. The summed E-state index contributed by atoms with van der Waals surface area (Å²) < 4.78 is 0. The smallest absolute Gasteiger partial charge is 0.355 e. The van der Waals surface area contributed by atoms with Crippen LogP contribution in [0.2, 0.25) is 0 Å². The second-order valence-electron chi connectivity index (χ2n) is 4.53. The molecule has 17 heavy (non-hydrogen) atoms. The van der Waals surface area contributed by atoms with Crippen molar-refractivity contribution in [2.75, 3.05) is 32.0 Å². The lowest BCUT2D eigenvalue weighted by Crippen LogP contribution is -2.19. The minimum Gasteiger partial charge on any atom is -0.476 e. The van der Waals surface area contributed by atoms with Gasteiger partial charge in [0.1, 0.15) is 0 Å². The molecule has 5 nitrogen and oxygen atoms in total. The lowest BCUT2D eigenvalue weighted by Gasteiger charge is -2.10. The van der Waals surface area contributed by atoms with E-state index in [4.69, 9.17) is 5.11 Å². The molecule has 1 atom stereocenters. The van der Waals surface area contributed by atoms with Crippen molar-refractivity contribution in [2.24, 2.45) is 5.92 Å². The molecule has 2 rings (SSSR count). The van der Waals surface area contributed by atoms with Crippen LogP contribution < -0.4 is 5.32 Å². The normalized spacial score (nSPS) is 20.7. The quantitative estimate of drug-likeness (QED) is 0.854. The van der Waals surface area contributed by atoms with Gasteiger partial charge in [0.2, 0.25) is 0 Å². The van der Waals surface area contributed by atoms with Crippen LogP contribution in [0.15, 0.2) is 0 Å². The fourth-order valence-electron chi connectivity index (χ4n) is 2.10. The van der Waals surface area contributed by atoms with Crippen molar-refractivity contribution in [3.8, 4) is 0 Å². The highest BCUT2D eigenvalue weighted by atomic mass is 32.1. The topological polar surface area (TPSA) is 65.5 Å². The molecule has 1 aromatic rings. The van der Waals surface area contributed by atoms with Gasteiger partial charge < -0.3 is 15.3 Å². The zero-order valence-electron chi connectivity index (χ0n) is 10.1. The molecule has 1 aliphatic heterocycles. The van der Waals surface area contributed by atoms with Crippen LogP contribution in [0.5, 0.6) is 0 Å². The average Bonchev–Trinajstić information content (AvgIpc) is 2.82. The molecule has 2 N–H and O–H groups in total. The van der Waals surface area contributed by atoms with Gasteiger partial charge in [-0.3, -0.25) is 0 Å². The minimum atomic E-state index is -0.951. The van der Waals surface area contributed by atoms with Crippen LogP contribution in [0.3, 0.4) is 0 Å². The molecule has 1 fully saturated rings. The first kappa shape index (κ1) is 12.3. The number of carbonyl (C=O) groups is 1. The summed E-state index contributed by atoms with van der Waals surface area (Å²) in [6, 6.07) is 0.